The number of aromatic nitrogens is 4. The third kappa shape index (κ3) is 6.60. The van der Waals surface area contributed by atoms with E-state index >= 15 is 0 Å². The van der Waals surface area contributed by atoms with Gasteiger partial charge in [-0.15, -0.1) is 0 Å². The molecule has 8 aromatic rings. The maximum atomic E-state index is 6.64. The molecule has 4 heterocycles. The molecule has 4 aromatic heterocycles. The predicted molar refractivity (Wildman–Crippen MR) is 221 cm³/mol. The zero-order valence-corrected chi connectivity index (χ0v) is 32.2. The van der Waals surface area contributed by atoms with Gasteiger partial charge in [-0.1, -0.05) is 48.0 Å². The summed E-state index contributed by atoms with van der Waals surface area (Å²) in [6, 6.07) is 37.7. The number of anilines is 4. The highest BCUT2D eigenvalue weighted by molar-refractivity contribution is 14.1. The summed E-state index contributed by atoms with van der Waals surface area (Å²) in [6.45, 7) is 6.17. The lowest BCUT2D eigenvalue weighted by Crippen LogP contribution is -2.03. The molecule has 0 bridgehead atoms. The third-order valence-electron chi connectivity index (χ3n) is 9.23. The molecule has 264 valence electrons. The van der Waals surface area contributed by atoms with E-state index in [0.717, 1.165) is 79.4 Å². The molecule has 0 saturated carbocycles. The second-order valence-corrected chi connectivity index (χ2v) is 13.5. The Morgan fingerprint density at radius 3 is 1.92 bits per heavy atom. The van der Waals surface area contributed by atoms with E-state index in [1.165, 1.54) is 0 Å². The second kappa shape index (κ2) is 14.4. The molecule has 0 amide bonds. The van der Waals surface area contributed by atoms with Gasteiger partial charge in [-0.05, 0) is 111 Å². The van der Waals surface area contributed by atoms with E-state index in [9.17, 15) is 0 Å². The monoisotopic (exact) mass is 832 g/mol. The van der Waals surface area contributed by atoms with Crippen LogP contribution < -0.4 is 23.2 Å². The molecule has 0 spiro atoms. The molecular weight excluding hydrogens is 799 g/mol. The predicted octanol–water partition coefficient (Wildman–Crippen LogP) is 11.9. The largest absolute Gasteiger partial charge is 0.493 e. The van der Waals surface area contributed by atoms with Crippen LogP contribution in [0.2, 0.25) is 5.02 Å². The van der Waals surface area contributed by atoms with Crippen LogP contribution >= 0.6 is 34.6 Å². The molecule has 0 saturated heterocycles. The highest BCUT2D eigenvalue weighted by Gasteiger charge is 2.21. The number of nitrogens with one attached hydrogen (secondary N) is 2. The Hall–Kier alpha value is -5.72. The first-order valence-corrected chi connectivity index (χ1v) is 18.2. The van der Waals surface area contributed by atoms with Crippen molar-refractivity contribution in [2.24, 2.45) is 0 Å². The van der Waals surface area contributed by atoms with Gasteiger partial charge in [0.2, 0.25) is 0 Å². The summed E-state index contributed by atoms with van der Waals surface area (Å²) in [5.74, 6) is 4.14. The van der Waals surface area contributed by atoms with Gasteiger partial charge in [0.05, 0.1) is 17.8 Å². The number of para-hydroxylation sites is 2. The van der Waals surface area contributed by atoms with Crippen LogP contribution in [0, 0.1) is 20.8 Å². The summed E-state index contributed by atoms with van der Waals surface area (Å²) in [5.41, 5.74) is 9.91. The SMILES string of the molecule is COc1cc(-c2nc3ccc(Cl)cn3c2Nc2ccccc2C)ccc1Oc1ccc2nc(-c3ccc(OI)cc3)c(Nc3ccccc3C)n2c1C. The number of pyridine rings is 2. The minimum Gasteiger partial charge on any atom is -0.493 e. The van der Waals surface area contributed by atoms with Gasteiger partial charge in [-0.2, -0.15) is 0 Å². The number of benzene rings is 4. The van der Waals surface area contributed by atoms with Gasteiger partial charge in [-0.3, -0.25) is 8.80 Å². The van der Waals surface area contributed by atoms with E-state index in [1.807, 2.05) is 138 Å². The lowest BCUT2D eigenvalue weighted by atomic mass is 10.1. The van der Waals surface area contributed by atoms with Gasteiger partial charge >= 0.3 is 0 Å². The Morgan fingerprint density at radius 2 is 1.25 bits per heavy atom. The van der Waals surface area contributed by atoms with Crippen molar-refractivity contribution >= 4 is 68.9 Å². The molecule has 53 heavy (non-hydrogen) atoms. The first kappa shape index (κ1) is 34.4. The zero-order valence-electron chi connectivity index (χ0n) is 29.3. The Kier molecular flexibility index (Phi) is 9.31. The molecule has 8 rings (SSSR count). The molecule has 0 unspecified atom stereocenters. The number of hydrogen-bond acceptors (Lipinski definition) is 7. The van der Waals surface area contributed by atoms with Gasteiger partial charge in [-0.25, -0.2) is 9.97 Å². The topological polar surface area (TPSA) is 86.4 Å². The number of ether oxygens (including phenoxy) is 2. The third-order valence-corrected chi connectivity index (χ3v) is 9.96. The lowest BCUT2D eigenvalue weighted by Gasteiger charge is -2.17. The lowest BCUT2D eigenvalue weighted by molar-refractivity contribution is 0.377. The number of methoxy groups -OCH3 is 1. The molecule has 0 aliphatic rings. The molecule has 0 atom stereocenters. The highest BCUT2D eigenvalue weighted by atomic mass is 127. The van der Waals surface area contributed by atoms with Crippen LogP contribution in [0.5, 0.6) is 23.0 Å². The summed E-state index contributed by atoms with van der Waals surface area (Å²) in [4.78, 5) is 10.1. The number of nitrogens with zero attached hydrogens (tertiary/aromatic N) is 4. The maximum Gasteiger partial charge on any atom is 0.192 e. The normalized spacial score (nSPS) is 11.2. The summed E-state index contributed by atoms with van der Waals surface area (Å²) in [7, 11) is 1.64. The number of rotatable bonds is 10. The number of halogens is 2. The van der Waals surface area contributed by atoms with Crippen LogP contribution in [0.15, 0.2) is 121 Å². The van der Waals surface area contributed by atoms with E-state index in [-0.39, 0.29) is 0 Å². The van der Waals surface area contributed by atoms with E-state index in [4.69, 9.17) is 34.1 Å². The fourth-order valence-corrected chi connectivity index (χ4v) is 6.85. The number of imidazole rings is 2. The van der Waals surface area contributed by atoms with Gasteiger partial charge in [0.15, 0.2) is 34.5 Å². The molecule has 2 N–H and O–H groups in total. The van der Waals surface area contributed by atoms with Crippen molar-refractivity contribution in [1.29, 1.82) is 0 Å². The van der Waals surface area contributed by atoms with Crippen LogP contribution in [0.1, 0.15) is 16.8 Å². The number of fused-ring (bicyclic) bond motifs is 2. The second-order valence-electron chi connectivity index (χ2n) is 12.6. The van der Waals surface area contributed by atoms with Crippen molar-refractivity contribution in [3.05, 3.63) is 143 Å². The first-order valence-electron chi connectivity index (χ1n) is 16.9. The highest BCUT2D eigenvalue weighted by Crippen LogP contribution is 2.41. The van der Waals surface area contributed by atoms with Crippen LogP contribution in [-0.4, -0.2) is 25.9 Å². The van der Waals surface area contributed by atoms with Crippen molar-refractivity contribution < 1.29 is 12.5 Å². The molecule has 4 aromatic carbocycles. The summed E-state index contributed by atoms with van der Waals surface area (Å²) in [5, 5.41) is 7.88. The average molecular weight is 833 g/mol. The molecule has 9 nitrogen and oxygen atoms in total. The summed E-state index contributed by atoms with van der Waals surface area (Å²) in [6.07, 6.45) is 1.86. The quantitative estimate of drug-likeness (QED) is 0.133. The van der Waals surface area contributed by atoms with Crippen LogP contribution in [0.4, 0.5) is 23.0 Å². The maximum absolute atomic E-state index is 6.64. The standard InChI is InChI=1S/C42H34ClIN6O3/c1-25-9-5-7-11-32(25)45-41-40(47-37-21-16-30(43)24-49(37)41)29-15-19-35(36(23-29)51-4)52-34-20-22-38-48-39(28-13-17-31(53-44)18-14-28)42(50(38)27(34)3)46-33-12-8-6-10-26(33)2/h5-24,45-46H,1-4H3. The molecule has 0 aliphatic carbocycles. The smallest absolute Gasteiger partial charge is 0.192 e. The van der Waals surface area contributed by atoms with Gasteiger partial charge in [0.1, 0.15) is 45.8 Å². The van der Waals surface area contributed by atoms with Crippen molar-refractivity contribution in [2.75, 3.05) is 17.7 Å². The van der Waals surface area contributed by atoms with Gasteiger partial charge in [0.25, 0.3) is 0 Å². The number of aryl methyl sites for hydroxylation is 3. The minimum absolute atomic E-state index is 0.557. The molecular formula is C42H34ClIN6O3. The Balaban J connectivity index is 1.20. The fourth-order valence-electron chi connectivity index (χ4n) is 6.40. The molecule has 0 aliphatic heterocycles. The summed E-state index contributed by atoms with van der Waals surface area (Å²) < 4.78 is 22.0. The van der Waals surface area contributed by atoms with Crippen LogP contribution in [0.25, 0.3) is 33.8 Å². The van der Waals surface area contributed by atoms with Crippen LogP contribution in [0.3, 0.4) is 0 Å². The molecule has 11 heteroatoms. The zero-order chi connectivity index (χ0) is 36.6. The van der Waals surface area contributed by atoms with E-state index in [2.05, 4.69) is 47.1 Å². The molecule has 0 radical (unpaired) electrons. The van der Waals surface area contributed by atoms with Crippen LogP contribution in [-0.2, 0) is 0 Å². The van der Waals surface area contributed by atoms with E-state index in [0.29, 0.717) is 22.3 Å². The Bertz CT molecular complexity index is 2640. The Morgan fingerprint density at radius 1 is 0.642 bits per heavy atom. The van der Waals surface area contributed by atoms with Crippen molar-refractivity contribution in [2.45, 2.75) is 20.8 Å². The van der Waals surface area contributed by atoms with Crippen molar-refractivity contribution in [3.63, 3.8) is 0 Å². The minimum atomic E-state index is 0.557. The van der Waals surface area contributed by atoms with E-state index in [1.54, 1.807) is 7.11 Å². The van der Waals surface area contributed by atoms with Crippen molar-refractivity contribution in [3.8, 4) is 45.5 Å². The number of hydrogen-bond donors (Lipinski definition) is 2. The van der Waals surface area contributed by atoms with Crippen molar-refractivity contribution in [1.82, 2.24) is 18.8 Å². The van der Waals surface area contributed by atoms with Gasteiger partial charge in [0, 0.05) is 28.7 Å². The first-order chi connectivity index (χ1) is 25.8. The van der Waals surface area contributed by atoms with Gasteiger partial charge < -0.3 is 23.2 Å². The fraction of sp³-hybridized carbons (Fsp3) is 0.0952. The Labute approximate surface area is 325 Å². The summed E-state index contributed by atoms with van der Waals surface area (Å²) >= 11 is 8.33. The van der Waals surface area contributed by atoms with E-state index < -0.39 is 0 Å². The molecule has 0 fully saturated rings. The average Bonchev–Trinajstić information content (AvgIpc) is 3.72.